The van der Waals surface area contributed by atoms with Crippen LogP contribution >= 0.6 is 0 Å². The van der Waals surface area contributed by atoms with Crippen LogP contribution in [0.4, 0.5) is 4.79 Å². The third-order valence-electron chi connectivity index (χ3n) is 1.95. The van der Waals surface area contributed by atoms with Gasteiger partial charge in [0.1, 0.15) is 5.60 Å². The Morgan fingerprint density at radius 1 is 1.44 bits per heavy atom. The number of ether oxygens (including phenoxy) is 1. The van der Waals surface area contributed by atoms with Crippen LogP contribution < -0.4 is 10.9 Å². The fraction of sp³-hybridized carbons (Fsp3) is 0.417. The lowest BCUT2D eigenvalue weighted by Gasteiger charge is -2.19. The van der Waals surface area contributed by atoms with Gasteiger partial charge in [0.05, 0.1) is 12.1 Å². The summed E-state index contributed by atoms with van der Waals surface area (Å²) in [6, 6.07) is 2.96. The van der Waals surface area contributed by atoms with E-state index in [1.807, 2.05) is 0 Å². The maximum atomic E-state index is 11.4. The molecule has 0 saturated carbocycles. The van der Waals surface area contributed by atoms with E-state index in [0.717, 1.165) is 0 Å². The molecule has 2 N–H and O–H groups in total. The van der Waals surface area contributed by atoms with Gasteiger partial charge in [-0.3, -0.25) is 9.59 Å². The summed E-state index contributed by atoms with van der Waals surface area (Å²) >= 11 is 0. The van der Waals surface area contributed by atoms with Crippen LogP contribution in [-0.4, -0.2) is 23.0 Å². The van der Waals surface area contributed by atoms with E-state index in [9.17, 15) is 14.4 Å². The summed E-state index contributed by atoms with van der Waals surface area (Å²) in [6.07, 6.45) is -0.0907. The fourth-order valence-corrected chi connectivity index (χ4v) is 1.20. The number of alkyl carbamates (subject to hydrolysis) is 1. The summed E-state index contributed by atoms with van der Waals surface area (Å²) in [7, 11) is 0. The molecule has 6 heteroatoms. The van der Waals surface area contributed by atoms with Gasteiger partial charge < -0.3 is 15.0 Å². The predicted octanol–water partition coefficient (Wildman–Crippen LogP) is 1.21. The van der Waals surface area contributed by atoms with Crippen molar-refractivity contribution in [1.82, 2.24) is 10.3 Å². The van der Waals surface area contributed by atoms with Crippen LogP contribution in [0.3, 0.4) is 0 Å². The molecule has 18 heavy (non-hydrogen) atoms. The molecule has 0 bridgehead atoms. The Kier molecular flexibility index (Phi) is 4.25. The highest BCUT2D eigenvalue weighted by Crippen LogP contribution is 2.06. The molecule has 1 aromatic heterocycles. The molecule has 6 nitrogen and oxygen atoms in total. The zero-order valence-electron chi connectivity index (χ0n) is 10.6. The summed E-state index contributed by atoms with van der Waals surface area (Å²) in [5.41, 5.74) is -0.500. The minimum absolute atomic E-state index is 0.0519. The van der Waals surface area contributed by atoms with Crippen LogP contribution in [0.25, 0.3) is 0 Å². The molecule has 1 amide bonds. The van der Waals surface area contributed by atoms with Crippen molar-refractivity contribution in [2.45, 2.75) is 32.9 Å². The van der Waals surface area contributed by atoms with Crippen molar-refractivity contribution in [3.63, 3.8) is 0 Å². The summed E-state index contributed by atoms with van der Waals surface area (Å²) < 4.78 is 5.04. The van der Waals surface area contributed by atoms with Gasteiger partial charge in [-0.25, -0.2) is 4.79 Å². The molecule has 98 valence electrons. The zero-order valence-corrected chi connectivity index (χ0v) is 10.6. The van der Waals surface area contributed by atoms with Gasteiger partial charge in [0.2, 0.25) is 0 Å². The first-order valence-corrected chi connectivity index (χ1v) is 5.46. The minimum Gasteiger partial charge on any atom is -0.444 e. The van der Waals surface area contributed by atoms with Gasteiger partial charge >= 0.3 is 6.09 Å². The Hall–Kier alpha value is -2.11. The lowest BCUT2D eigenvalue weighted by molar-refractivity contribution is 0.0522. The molecule has 0 unspecified atom stereocenters. The normalized spacial score (nSPS) is 10.8. The van der Waals surface area contributed by atoms with Crippen molar-refractivity contribution >= 4 is 12.4 Å². The van der Waals surface area contributed by atoms with Crippen molar-refractivity contribution in [2.75, 3.05) is 0 Å². The van der Waals surface area contributed by atoms with E-state index < -0.39 is 17.3 Å². The molecule has 1 heterocycles. The predicted molar refractivity (Wildman–Crippen MR) is 65.5 cm³/mol. The number of rotatable bonds is 3. The van der Waals surface area contributed by atoms with E-state index in [1.165, 1.54) is 6.07 Å². The number of hydrogen-bond acceptors (Lipinski definition) is 4. The first kappa shape index (κ1) is 14.0. The molecule has 0 aromatic carbocycles. The first-order valence-electron chi connectivity index (χ1n) is 5.46. The van der Waals surface area contributed by atoms with E-state index in [-0.39, 0.29) is 12.1 Å². The molecule has 1 aromatic rings. The van der Waals surface area contributed by atoms with Crippen LogP contribution in [0.1, 0.15) is 36.8 Å². The monoisotopic (exact) mass is 252 g/mol. The molecule has 0 spiro atoms. The second kappa shape index (κ2) is 5.48. The molecule has 1 rings (SSSR count). The highest BCUT2D eigenvalue weighted by atomic mass is 16.6. The van der Waals surface area contributed by atoms with E-state index in [4.69, 9.17) is 4.74 Å². The average molecular weight is 252 g/mol. The van der Waals surface area contributed by atoms with Gasteiger partial charge in [-0.1, -0.05) is 0 Å². The second-order valence-corrected chi connectivity index (χ2v) is 4.74. The lowest BCUT2D eigenvalue weighted by Crippen LogP contribution is -2.32. The number of H-pyrrole nitrogens is 1. The number of nitrogens with one attached hydrogen (secondary N) is 2. The summed E-state index contributed by atoms with van der Waals surface area (Å²) in [5.74, 6) is 0. The van der Waals surface area contributed by atoms with Crippen LogP contribution in [0.15, 0.2) is 16.9 Å². The average Bonchev–Trinajstić information content (AvgIpc) is 2.24. The smallest absolute Gasteiger partial charge is 0.407 e. The van der Waals surface area contributed by atoms with Gasteiger partial charge in [-0.05, 0) is 32.9 Å². The number of amides is 1. The van der Waals surface area contributed by atoms with E-state index in [1.54, 1.807) is 26.8 Å². The first-order chi connectivity index (χ1) is 8.31. The van der Waals surface area contributed by atoms with Gasteiger partial charge in [-0.2, -0.15) is 0 Å². The van der Waals surface area contributed by atoms with Gasteiger partial charge in [0.15, 0.2) is 6.29 Å². The molecule has 0 aliphatic heterocycles. The maximum Gasteiger partial charge on any atom is 0.407 e. The van der Waals surface area contributed by atoms with Crippen molar-refractivity contribution < 1.29 is 14.3 Å². The lowest BCUT2D eigenvalue weighted by atomic mass is 10.2. The Morgan fingerprint density at radius 3 is 2.61 bits per heavy atom. The number of carbonyl (C=O) groups is 2. The number of aldehydes is 1. The third kappa shape index (κ3) is 4.40. The highest BCUT2D eigenvalue weighted by Gasteiger charge is 2.15. The summed E-state index contributed by atoms with van der Waals surface area (Å²) in [4.78, 5) is 35.6. The van der Waals surface area contributed by atoms with Crippen molar-refractivity contribution in [2.24, 2.45) is 0 Å². The molecular formula is C12H16N2O4. The molecule has 0 aliphatic carbocycles. The Labute approximate surface area is 104 Å². The molecular weight excluding hydrogens is 236 g/mol. The zero-order chi connectivity index (χ0) is 13.8. The van der Waals surface area contributed by atoms with Crippen LogP contribution in [0.2, 0.25) is 0 Å². The SMILES string of the molecule is CC(C)(C)OC(=O)NCc1ccc(C=O)c(=O)[nH]1. The molecule has 0 fully saturated rings. The topological polar surface area (TPSA) is 88.3 Å². The van der Waals surface area contributed by atoms with Crippen LogP contribution in [-0.2, 0) is 11.3 Å². The third-order valence-corrected chi connectivity index (χ3v) is 1.95. The molecule has 0 atom stereocenters. The van der Waals surface area contributed by atoms with Crippen molar-refractivity contribution in [3.05, 3.63) is 33.7 Å². The maximum absolute atomic E-state index is 11.4. The van der Waals surface area contributed by atoms with E-state index in [2.05, 4.69) is 10.3 Å². The highest BCUT2D eigenvalue weighted by molar-refractivity contribution is 5.73. The quantitative estimate of drug-likeness (QED) is 0.791. The van der Waals surface area contributed by atoms with E-state index >= 15 is 0 Å². The van der Waals surface area contributed by atoms with Crippen LogP contribution in [0.5, 0.6) is 0 Å². The summed E-state index contributed by atoms with van der Waals surface area (Å²) in [6.45, 7) is 5.40. The Balaban J connectivity index is 2.59. The van der Waals surface area contributed by atoms with Crippen molar-refractivity contribution in [1.29, 1.82) is 0 Å². The number of aromatic amines is 1. The number of hydrogen-bond donors (Lipinski definition) is 2. The van der Waals surface area contributed by atoms with Crippen molar-refractivity contribution in [3.8, 4) is 0 Å². The summed E-state index contributed by atoms with van der Waals surface area (Å²) in [5, 5.41) is 2.50. The fourth-order valence-electron chi connectivity index (χ4n) is 1.20. The molecule has 0 radical (unpaired) electrons. The van der Waals surface area contributed by atoms with Gasteiger partial charge in [0.25, 0.3) is 5.56 Å². The second-order valence-electron chi connectivity index (χ2n) is 4.74. The molecule has 0 saturated heterocycles. The van der Waals surface area contributed by atoms with Gasteiger partial charge in [-0.15, -0.1) is 0 Å². The standard InChI is InChI=1S/C12H16N2O4/c1-12(2,3)18-11(17)13-6-9-5-4-8(7-15)10(16)14-9/h4-5,7H,6H2,1-3H3,(H,13,17)(H,14,16). The minimum atomic E-state index is -0.571. The number of carbonyl (C=O) groups excluding carboxylic acids is 2. The van der Waals surface area contributed by atoms with Crippen LogP contribution in [0, 0.1) is 0 Å². The van der Waals surface area contributed by atoms with E-state index in [0.29, 0.717) is 12.0 Å². The Bertz CT molecular complexity index is 500. The van der Waals surface area contributed by atoms with Gasteiger partial charge in [0, 0.05) is 5.69 Å². The Morgan fingerprint density at radius 2 is 2.11 bits per heavy atom. The number of aromatic nitrogens is 1. The number of pyridine rings is 1. The largest absolute Gasteiger partial charge is 0.444 e. The molecule has 0 aliphatic rings.